The van der Waals surface area contributed by atoms with Crippen LogP contribution in [0, 0.1) is 11.8 Å². The minimum absolute atomic E-state index is 0. The van der Waals surface area contributed by atoms with E-state index in [1.165, 1.54) is 39.0 Å². The fraction of sp³-hybridized carbons (Fsp3) is 0.933. The van der Waals surface area contributed by atoms with Gasteiger partial charge in [0, 0.05) is 30.9 Å². The SMILES string of the molecule is CC(Cl)OC(=O)Cl.CC(Cl)OC(=O)O[C@@H]1CCCC[C@H]1C.CCOCC.C[C@@H]1CCCC[C@H]1O.Cl.N[C@@H]1CCCC[C@H]1O. The molecule has 3 rings (SSSR count). The number of alkyl halides is 2. The van der Waals surface area contributed by atoms with Gasteiger partial charge in [-0.2, -0.15) is 0 Å². The third-order valence-corrected chi connectivity index (χ3v) is 7.32. The molecule has 0 aliphatic heterocycles. The molecular formula is C30H59Cl4NO8. The number of carbonyl (C=O) groups is 2. The molecule has 0 radical (unpaired) electrons. The van der Waals surface area contributed by atoms with E-state index in [4.69, 9.17) is 59.9 Å². The number of aliphatic hydroxyl groups is 2. The zero-order valence-electron chi connectivity index (χ0n) is 27.0. The van der Waals surface area contributed by atoms with Crippen LogP contribution in [0.1, 0.15) is 119 Å². The van der Waals surface area contributed by atoms with Crippen molar-refractivity contribution < 1.29 is 38.7 Å². The van der Waals surface area contributed by atoms with Crippen molar-refractivity contribution in [2.24, 2.45) is 17.6 Å². The van der Waals surface area contributed by atoms with Gasteiger partial charge >= 0.3 is 11.6 Å². The minimum atomic E-state index is -0.873. The molecule has 0 heterocycles. The summed E-state index contributed by atoms with van der Waals surface area (Å²) in [4.78, 5) is 20.9. The van der Waals surface area contributed by atoms with Crippen LogP contribution in [0.15, 0.2) is 0 Å². The number of aliphatic hydroxyl groups excluding tert-OH is 2. The van der Waals surface area contributed by atoms with Gasteiger partial charge in [-0.3, -0.25) is 0 Å². The Hall–Kier alpha value is -0.260. The third-order valence-electron chi connectivity index (χ3n) is 7.05. The van der Waals surface area contributed by atoms with Crippen LogP contribution in [0.5, 0.6) is 0 Å². The van der Waals surface area contributed by atoms with E-state index in [2.05, 4.69) is 18.6 Å². The summed E-state index contributed by atoms with van der Waals surface area (Å²) >= 11 is 15.4. The number of halogens is 4. The van der Waals surface area contributed by atoms with Crippen molar-refractivity contribution in [3.63, 3.8) is 0 Å². The van der Waals surface area contributed by atoms with Gasteiger partial charge in [0.15, 0.2) is 11.1 Å². The quantitative estimate of drug-likeness (QED) is 0.146. The summed E-state index contributed by atoms with van der Waals surface area (Å²) in [5, 5.41) is 18.2. The Balaban J connectivity index is -0.000000485. The van der Waals surface area contributed by atoms with Gasteiger partial charge in [-0.15, -0.1) is 12.4 Å². The van der Waals surface area contributed by atoms with Crippen LogP contribution in [0.25, 0.3) is 0 Å². The van der Waals surface area contributed by atoms with Crippen molar-refractivity contribution >= 4 is 58.8 Å². The lowest BCUT2D eigenvalue weighted by Gasteiger charge is -2.27. The summed E-state index contributed by atoms with van der Waals surface area (Å²) in [6.45, 7) is 13.0. The molecule has 3 aliphatic carbocycles. The standard InChI is InChI=1S/C10H17ClO3.C7H14O.C6H13NO.C4H10O.C3H4Cl2O2.ClH/c1-7-5-3-4-6-9(7)14-10(12)13-8(2)11;1-6-4-2-3-5-7(6)8;7-5-3-1-2-4-6(5)8;1-3-5-4-2;1-2(4)7-3(5)6;/h7-9H,3-6H2,1-2H3;6-8H,2-5H2,1H3;5-6,8H,1-4,7H2;3-4H2,1-2H3;2H,1H3;1H/t7-,8?,9-;6-,7-;5-,6-;;;/m111.../s1. The van der Waals surface area contributed by atoms with E-state index in [9.17, 15) is 14.7 Å². The summed E-state index contributed by atoms with van der Waals surface area (Å²) < 4.78 is 18.8. The molecular weight excluding hydrogens is 644 g/mol. The van der Waals surface area contributed by atoms with Crippen LogP contribution >= 0.6 is 47.2 Å². The van der Waals surface area contributed by atoms with Crippen LogP contribution in [0.4, 0.5) is 9.59 Å². The largest absolute Gasteiger partial charge is 0.510 e. The molecule has 260 valence electrons. The van der Waals surface area contributed by atoms with Gasteiger partial charge in [-0.05, 0) is 84.5 Å². The van der Waals surface area contributed by atoms with Gasteiger partial charge in [-0.25, -0.2) is 9.59 Å². The molecule has 2 unspecified atom stereocenters. The molecule has 0 saturated heterocycles. The summed E-state index contributed by atoms with van der Waals surface area (Å²) in [7, 11) is 0. The van der Waals surface area contributed by atoms with Crippen LogP contribution in [-0.2, 0) is 18.9 Å². The highest BCUT2D eigenvalue weighted by molar-refractivity contribution is 6.61. The maximum atomic E-state index is 11.1. The van der Waals surface area contributed by atoms with E-state index in [-0.39, 0.29) is 36.8 Å². The van der Waals surface area contributed by atoms with Crippen molar-refractivity contribution in [2.75, 3.05) is 13.2 Å². The first-order chi connectivity index (χ1) is 19.7. The molecule has 3 saturated carbocycles. The maximum Gasteiger partial charge on any atom is 0.510 e. The first-order valence-electron chi connectivity index (χ1n) is 15.5. The molecule has 0 aromatic rings. The van der Waals surface area contributed by atoms with Crippen molar-refractivity contribution in [3.8, 4) is 0 Å². The monoisotopic (exact) mass is 701 g/mol. The second-order valence-corrected chi connectivity index (χ2v) is 12.4. The number of rotatable bonds is 5. The van der Waals surface area contributed by atoms with Gasteiger partial charge < -0.3 is 34.9 Å². The van der Waals surface area contributed by atoms with E-state index >= 15 is 0 Å². The second-order valence-electron chi connectivity index (χ2n) is 10.9. The zero-order valence-corrected chi connectivity index (χ0v) is 30.1. The molecule has 13 heteroatoms. The number of ether oxygens (including phenoxy) is 4. The van der Waals surface area contributed by atoms with Gasteiger partial charge in [0.05, 0.1) is 12.2 Å². The first kappa shape index (κ1) is 47.2. The van der Waals surface area contributed by atoms with Crippen LogP contribution < -0.4 is 5.73 Å². The van der Waals surface area contributed by atoms with Crippen LogP contribution in [-0.4, -0.2) is 70.5 Å². The van der Waals surface area contributed by atoms with Crippen molar-refractivity contribution in [3.05, 3.63) is 0 Å². The lowest BCUT2D eigenvalue weighted by Crippen LogP contribution is -2.37. The van der Waals surface area contributed by atoms with Crippen molar-refractivity contribution in [1.82, 2.24) is 0 Å². The molecule has 4 N–H and O–H groups in total. The van der Waals surface area contributed by atoms with Crippen molar-refractivity contribution in [2.45, 2.75) is 154 Å². The summed E-state index contributed by atoms with van der Waals surface area (Å²) in [6.07, 6.45) is 12.6. The van der Waals surface area contributed by atoms with Gasteiger partial charge in [0.2, 0.25) is 0 Å². The predicted molar refractivity (Wildman–Crippen MR) is 177 cm³/mol. The summed E-state index contributed by atoms with van der Waals surface area (Å²) in [5.74, 6) is 0.991. The topological polar surface area (TPSA) is 138 Å². The highest BCUT2D eigenvalue weighted by Gasteiger charge is 2.25. The number of hydrogen-bond acceptors (Lipinski definition) is 9. The van der Waals surface area contributed by atoms with Crippen LogP contribution in [0.2, 0.25) is 0 Å². The third kappa shape index (κ3) is 30.2. The molecule has 0 amide bonds. The Morgan fingerprint density at radius 3 is 1.49 bits per heavy atom. The normalized spacial score (nSPS) is 27.4. The molecule has 9 nitrogen and oxygen atoms in total. The molecule has 0 aromatic carbocycles. The lowest BCUT2D eigenvalue weighted by molar-refractivity contribution is -0.0117. The molecule has 43 heavy (non-hydrogen) atoms. The van der Waals surface area contributed by atoms with Crippen molar-refractivity contribution in [1.29, 1.82) is 0 Å². The number of nitrogens with two attached hydrogens (primary N) is 1. The van der Waals surface area contributed by atoms with E-state index in [0.717, 1.165) is 58.2 Å². The van der Waals surface area contributed by atoms with Gasteiger partial charge in [0.1, 0.15) is 6.10 Å². The molecule has 3 fully saturated rings. The maximum absolute atomic E-state index is 11.1. The van der Waals surface area contributed by atoms with E-state index in [1.54, 1.807) is 6.92 Å². The zero-order chi connectivity index (χ0) is 32.5. The second kappa shape index (κ2) is 30.4. The Morgan fingerprint density at radius 2 is 1.21 bits per heavy atom. The molecule has 8 atom stereocenters. The first-order valence-corrected chi connectivity index (χ1v) is 16.7. The highest BCUT2D eigenvalue weighted by atomic mass is 35.5. The van der Waals surface area contributed by atoms with Gasteiger partial charge in [-0.1, -0.05) is 69.2 Å². The van der Waals surface area contributed by atoms with Crippen LogP contribution in [0.3, 0.4) is 0 Å². The van der Waals surface area contributed by atoms with Gasteiger partial charge in [0.25, 0.3) is 0 Å². The number of carbonyl (C=O) groups excluding carboxylic acids is 2. The van der Waals surface area contributed by atoms with E-state index in [0.29, 0.717) is 11.8 Å². The summed E-state index contributed by atoms with van der Waals surface area (Å²) in [6, 6.07) is 0.0590. The average Bonchev–Trinajstić information content (AvgIpc) is 2.90. The highest BCUT2D eigenvalue weighted by Crippen LogP contribution is 2.26. The smallest absolute Gasteiger partial charge is 0.434 e. The summed E-state index contributed by atoms with van der Waals surface area (Å²) in [5.41, 5.74) is 3.40. The lowest BCUT2D eigenvalue weighted by atomic mass is 9.88. The predicted octanol–water partition coefficient (Wildman–Crippen LogP) is 8.52. The Labute approximate surface area is 281 Å². The number of hydrogen-bond donors (Lipinski definition) is 3. The Morgan fingerprint density at radius 1 is 0.767 bits per heavy atom. The fourth-order valence-electron chi connectivity index (χ4n) is 4.51. The fourth-order valence-corrected chi connectivity index (χ4v) is 4.84. The molecule has 0 bridgehead atoms. The van der Waals surface area contributed by atoms with E-state index in [1.807, 2.05) is 13.8 Å². The molecule has 0 spiro atoms. The molecule has 3 aliphatic rings. The molecule has 0 aromatic heterocycles. The van der Waals surface area contributed by atoms with E-state index < -0.39 is 22.7 Å². The average molecular weight is 704 g/mol. The Bertz CT molecular complexity index is 622. The minimum Gasteiger partial charge on any atom is -0.434 e. The Kier molecular flexibility index (Phi) is 33.3.